The summed E-state index contributed by atoms with van der Waals surface area (Å²) in [4.78, 5) is 26.7. The van der Waals surface area contributed by atoms with Crippen molar-refractivity contribution in [2.45, 2.75) is 76.0 Å². The van der Waals surface area contributed by atoms with Gasteiger partial charge in [-0.05, 0) is 76.1 Å². The first-order chi connectivity index (χ1) is 23.0. The minimum absolute atomic E-state index is 0.00405. The number of piperidine rings is 1. The average Bonchev–Trinajstić information content (AvgIpc) is 3.72. The molecule has 3 aromatic rings. The van der Waals surface area contributed by atoms with Gasteiger partial charge in [0.25, 0.3) is 0 Å². The summed E-state index contributed by atoms with van der Waals surface area (Å²) < 4.78 is 11.7. The number of nitrogens with zero attached hydrogens (tertiary/aromatic N) is 8. The van der Waals surface area contributed by atoms with Crippen LogP contribution < -0.4 is 14.5 Å². The number of aryl methyl sites for hydroxylation is 1. The summed E-state index contributed by atoms with van der Waals surface area (Å²) in [5.74, 6) is 1.02. The Kier molecular flexibility index (Phi) is 9.13. The summed E-state index contributed by atoms with van der Waals surface area (Å²) >= 11 is 0. The largest absolute Gasteiger partial charge is 0.462 e. The fraction of sp³-hybridized carbons (Fsp3) is 0.568. The van der Waals surface area contributed by atoms with Crippen molar-refractivity contribution in [3.05, 3.63) is 53.2 Å². The number of methoxy groups -OCH3 is 1. The Hall–Kier alpha value is -4.03. The standard InChI is InChI=1S/C37H46N8O2/c1-26-7-4-8-27-9-5-11-33(34(26)27)44-19-13-30-32(22-44)41-36(47-23-29-10-6-18-43(29)2)42-35(30)45-20-14-31(28(21-45)12-17-38)39-25-40-37(15-16-37)24-46-3/h4-5,7-9,11,28-29,31H,6,10,12-16,18-24H2,1-3H3/t28-,29-,31+/m0/s1. The van der Waals surface area contributed by atoms with Crippen molar-refractivity contribution in [3.63, 3.8) is 0 Å². The lowest BCUT2D eigenvalue weighted by molar-refractivity contribution is 0.174. The molecule has 3 atom stereocenters. The van der Waals surface area contributed by atoms with E-state index in [1.165, 1.54) is 34.0 Å². The molecule has 246 valence electrons. The van der Waals surface area contributed by atoms with Crippen LogP contribution >= 0.6 is 0 Å². The first kappa shape index (κ1) is 31.6. The van der Waals surface area contributed by atoms with Gasteiger partial charge in [-0.1, -0.05) is 30.3 Å². The molecule has 0 spiro atoms. The highest BCUT2D eigenvalue weighted by molar-refractivity contribution is 5.97. The molecule has 4 aliphatic rings. The summed E-state index contributed by atoms with van der Waals surface area (Å²) in [5, 5.41) is 12.3. The number of likely N-dealkylation sites (N-methyl/N-ethyl adjacent to an activating group) is 1. The van der Waals surface area contributed by atoms with Crippen molar-refractivity contribution in [2.24, 2.45) is 15.9 Å². The van der Waals surface area contributed by atoms with E-state index in [0.717, 1.165) is 63.3 Å². The highest BCUT2D eigenvalue weighted by Crippen LogP contribution is 2.40. The van der Waals surface area contributed by atoms with Crippen molar-refractivity contribution in [1.29, 1.82) is 5.26 Å². The van der Waals surface area contributed by atoms with Gasteiger partial charge in [-0.15, -0.1) is 0 Å². The lowest BCUT2D eigenvalue weighted by atomic mass is 9.89. The minimum Gasteiger partial charge on any atom is -0.462 e. The molecule has 4 heterocycles. The van der Waals surface area contributed by atoms with Crippen LogP contribution in [-0.4, -0.2) is 92.0 Å². The third kappa shape index (κ3) is 6.71. The maximum Gasteiger partial charge on any atom is 0.318 e. The average molecular weight is 635 g/mol. The quantitative estimate of drug-likeness (QED) is 0.272. The zero-order valence-corrected chi connectivity index (χ0v) is 28.0. The van der Waals surface area contributed by atoms with Crippen LogP contribution in [0.25, 0.3) is 10.8 Å². The third-order valence-corrected chi connectivity index (χ3v) is 10.6. The van der Waals surface area contributed by atoms with E-state index in [-0.39, 0.29) is 17.5 Å². The number of anilines is 2. The molecule has 1 aliphatic carbocycles. The number of nitriles is 1. The molecule has 1 aromatic heterocycles. The smallest absolute Gasteiger partial charge is 0.318 e. The van der Waals surface area contributed by atoms with Gasteiger partial charge in [-0.25, -0.2) is 9.98 Å². The Morgan fingerprint density at radius 1 is 1.06 bits per heavy atom. The maximum absolute atomic E-state index is 9.77. The Balaban J connectivity index is 1.17. The first-order valence-corrected chi connectivity index (χ1v) is 17.2. The van der Waals surface area contributed by atoms with Crippen molar-refractivity contribution < 1.29 is 9.47 Å². The minimum atomic E-state index is -0.147. The van der Waals surface area contributed by atoms with E-state index >= 15 is 0 Å². The van der Waals surface area contributed by atoms with E-state index in [0.29, 0.717) is 44.8 Å². The number of hydrogen-bond donors (Lipinski definition) is 0. The van der Waals surface area contributed by atoms with Crippen LogP contribution in [0.4, 0.5) is 11.5 Å². The van der Waals surface area contributed by atoms with Crippen LogP contribution in [0.1, 0.15) is 55.3 Å². The van der Waals surface area contributed by atoms with Gasteiger partial charge in [0.1, 0.15) is 12.4 Å². The number of rotatable bonds is 10. The van der Waals surface area contributed by atoms with Crippen molar-refractivity contribution in [1.82, 2.24) is 14.9 Å². The lowest BCUT2D eigenvalue weighted by Crippen LogP contribution is -2.44. The van der Waals surface area contributed by atoms with E-state index in [1.807, 2.05) is 0 Å². The molecule has 47 heavy (non-hydrogen) atoms. The van der Waals surface area contributed by atoms with Gasteiger partial charge in [-0.3, -0.25) is 0 Å². The predicted octanol–water partition coefficient (Wildman–Crippen LogP) is 5.44. The monoisotopic (exact) mass is 634 g/mol. The van der Waals surface area contributed by atoms with Crippen LogP contribution in [0.3, 0.4) is 0 Å². The van der Waals surface area contributed by atoms with Crippen molar-refractivity contribution in [3.8, 4) is 12.1 Å². The van der Waals surface area contributed by atoms with Crippen molar-refractivity contribution >= 4 is 28.3 Å². The summed E-state index contributed by atoms with van der Waals surface area (Å²) in [7, 11) is 3.88. The molecule has 10 nitrogen and oxygen atoms in total. The number of benzene rings is 2. The molecule has 0 unspecified atom stereocenters. The Labute approximate surface area is 278 Å². The molecule has 10 heteroatoms. The second-order valence-electron chi connectivity index (χ2n) is 13.9. The molecule has 3 fully saturated rings. The summed E-state index contributed by atoms with van der Waals surface area (Å²) in [6, 6.07) is 19.4. The number of hydrogen-bond acceptors (Lipinski definition) is 10. The molecule has 3 aliphatic heterocycles. The van der Waals surface area contributed by atoms with Gasteiger partial charge in [0.15, 0.2) is 0 Å². The molecular formula is C37H46N8O2. The number of aliphatic imine (C=N–C) groups is 2. The van der Waals surface area contributed by atoms with Crippen molar-refractivity contribution in [2.75, 3.05) is 63.4 Å². The van der Waals surface area contributed by atoms with Crippen LogP contribution in [0.5, 0.6) is 6.01 Å². The summed E-state index contributed by atoms with van der Waals surface area (Å²) in [6.45, 7) is 7.54. The zero-order chi connectivity index (χ0) is 32.4. The Bertz CT molecular complexity index is 1700. The highest BCUT2D eigenvalue weighted by atomic mass is 16.5. The van der Waals surface area contributed by atoms with Gasteiger partial charge in [0.2, 0.25) is 0 Å². The molecule has 0 bridgehead atoms. The second-order valence-corrected chi connectivity index (χ2v) is 13.9. The fourth-order valence-electron chi connectivity index (χ4n) is 7.66. The van der Waals surface area contributed by atoms with Crippen LogP contribution in [0.2, 0.25) is 0 Å². The zero-order valence-electron chi connectivity index (χ0n) is 28.0. The Morgan fingerprint density at radius 3 is 2.68 bits per heavy atom. The molecule has 7 rings (SSSR count). The molecule has 0 N–H and O–H groups in total. The molecular weight excluding hydrogens is 588 g/mol. The number of likely N-dealkylation sites (tertiary alicyclic amines) is 1. The predicted molar refractivity (Wildman–Crippen MR) is 185 cm³/mol. The highest BCUT2D eigenvalue weighted by Gasteiger charge is 2.43. The first-order valence-electron chi connectivity index (χ1n) is 17.2. The normalized spacial score (nSPS) is 23.6. The van der Waals surface area contributed by atoms with Crippen LogP contribution in [0, 0.1) is 24.2 Å². The van der Waals surface area contributed by atoms with Gasteiger partial charge in [0.05, 0.1) is 42.5 Å². The fourth-order valence-corrected chi connectivity index (χ4v) is 7.66. The van der Waals surface area contributed by atoms with Crippen LogP contribution in [0.15, 0.2) is 46.4 Å². The Morgan fingerprint density at radius 2 is 1.91 bits per heavy atom. The maximum atomic E-state index is 9.77. The van der Waals surface area contributed by atoms with E-state index in [9.17, 15) is 5.26 Å². The lowest BCUT2D eigenvalue weighted by Gasteiger charge is -2.39. The van der Waals surface area contributed by atoms with Gasteiger partial charge >= 0.3 is 6.01 Å². The van der Waals surface area contributed by atoms with E-state index in [2.05, 4.69) is 82.1 Å². The van der Waals surface area contributed by atoms with Crippen LogP contribution in [-0.2, 0) is 17.7 Å². The van der Waals surface area contributed by atoms with Gasteiger partial charge < -0.3 is 24.2 Å². The molecule has 0 amide bonds. The third-order valence-electron chi connectivity index (χ3n) is 10.6. The molecule has 1 saturated carbocycles. The number of aromatic nitrogens is 2. The number of fused-ring (bicyclic) bond motifs is 2. The summed E-state index contributed by atoms with van der Waals surface area (Å²) in [5.41, 5.74) is 4.60. The van der Waals surface area contributed by atoms with Gasteiger partial charge in [0, 0.05) is 61.8 Å². The van der Waals surface area contributed by atoms with E-state index in [1.54, 1.807) is 7.11 Å². The SMILES string of the molecule is COCC1(N=C=N[C@@H]2CCN(c3nc(OC[C@@H]4CCCN4C)nc4c3CCN(c3cccc5cccc(C)c35)C4)C[C@@H]2CC#N)CC1. The molecule has 2 aromatic carbocycles. The van der Waals surface area contributed by atoms with E-state index < -0.39 is 0 Å². The second kappa shape index (κ2) is 13.6. The van der Waals surface area contributed by atoms with E-state index in [4.69, 9.17) is 24.4 Å². The number of ether oxygens (including phenoxy) is 2. The molecule has 2 saturated heterocycles. The molecule has 0 radical (unpaired) electrons. The summed E-state index contributed by atoms with van der Waals surface area (Å²) in [6.07, 6.45) is 6.43. The van der Waals surface area contributed by atoms with Gasteiger partial charge in [-0.2, -0.15) is 15.2 Å². The topological polar surface area (TPSA) is 102 Å².